The van der Waals surface area contributed by atoms with Crippen LogP contribution in [-0.2, 0) is 14.3 Å². The van der Waals surface area contributed by atoms with Crippen LogP contribution in [0, 0.1) is 0 Å². The minimum atomic E-state index is -0.578. The quantitative estimate of drug-likeness (QED) is 0.639. The zero-order valence-corrected chi connectivity index (χ0v) is 9.21. The fourth-order valence-electron chi connectivity index (χ4n) is 1.63. The molecule has 1 heterocycles. The van der Waals surface area contributed by atoms with E-state index in [1.54, 1.807) is 6.92 Å². The minimum absolute atomic E-state index is 0.118. The van der Waals surface area contributed by atoms with Crippen LogP contribution in [-0.4, -0.2) is 37.6 Å². The summed E-state index contributed by atoms with van der Waals surface area (Å²) >= 11 is 0. The fraction of sp³-hybridized carbons (Fsp3) is 0.800. The van der Waals surface area contributed by atoms with Gasteiger partial charge in [-0.2, -0.15) is 0 Å². The Morgan fingerprint density at radius 3 is 2.73 bits per heavy atom. The number of hydrogen-bond donors (Lipinski definition) is 2. The molecule has 1 rings (SSSR count). The molecule has 1 saturated heterocycles. The van der Waals surface area contributed by atoms with Gasteiger partial charge >= 0.3 is 5.97 Å². The molecular weight excluding hydrogens is 196 g/mol. The van der Waals surface area contributed by atoms with E-state index in [2.05, 4.69) is 15.4 Å². The molecule has 2 atom stereocenters. The highest BCUT2D eigenvalue weighted by atomic mass is 16.5. The Morgan fingerprint density at radius 1 is 1.47 bits per heavy atom. The molecule has 0 aromatic rings. The third-order valence-corrected chi connectivity index (χ3v) is 2.54. The topological polar surface area (TPSA) is 67.4 Å². The first-order valence-corrected chi connectivity index (χ1v) is 5.26. The van der Waals surface area contributed by atoms with Crippen molar-refractivity contribution in [2.24, 2.45) is 0 Å². The third kappa shape index (κ3) is 3.51. The second-order valence-electron chi connectivity index (χ2n) is 3.76. The molecule has 1 aliphatic heterocycles. The predicted molar refractivity (Wildman–Crippen MR) is 55.3 cm³/mol. The summed E-state index contributed by atoms with van der Waals surface area (Å²) in [5.74, 6) is -0.535. The van der Waals surface area contributed by atoms with E-state index in [1.807, 2.05) is 0 Å². The van der Waals surface area contributed by atoms with Crippen molar-refractivity contribution >= 4 is 11.9 Å². The average Bonchev–Trinajstić information content (AvgIpc) is 2.29. The van der Waals surface area contributed by atoms with E-state index in [0.717, 1.165) is 25.8 Å². The second kappa shape index (κ2) is 5.70. The zero-order valence-electron chi connectivity index (χ0n) is 9.21. The van der Waals surface area contributed by atoms with Gasteiger partial charge in [-0.05, 0) is 26.3 Å². The molecule has 15 heavy (non-hydrogen) atoms. The van der Waals surface area contributed by atoms with E-state index in [9.17, 15) is 9.59 Å². The highest BCUT2D eigenvalue weighted by molar-refractivity contribution is 5.87. The number of piperidine rings is 1. The first-order chi connectivity index (χ1) is 7.15. The maximum absolute atomic E-state index is 11.6. The van der Waals surface area contributed by atoms with Crippen LogP contribution in [0.3, 0.4) is 0 Å². The zero-order chi connectivity index (χ0) is 11.3. The standard InChI is InChI=1S/C10H18N2O3/c1-7(10(14)15-2)12-9(13)8-5-3-4-6-11-8/h7-8,11H,3-6H2,1-2H3,(H,12,13)/t7-,8+/m0/s1. The second-order valence-corrected chi connectivity index (χ2v) is 3.76. The molecule has 1 aliphatic rings. The Morgan fingerprint density at radius 2 is 2.20 bits per heavy atom. The molecule has 1 fully saturated rings. The van der Waals surface area contributed by atoms with Crippen LogP contribution in [0.2, 0.25) is 0 Å². The van der Waals surface area contributed by atoms with Crippen LogP contribution >= 0.6 is 0 Å². The lowest BCUT2D eigenvalue weighted by atomic mass is 10.0. The normalized spacial score (nSPS) is 22.9. The Balaban J connectivity index is 2.36. The number of nitrogens with one attached hydrogen (secondary N) is 2. The van der Waals surface area contributed by atoms with Crippen molar-refractivity contribution < 1.29 is 14.3 Å². The van der Waals surface area contributed by atoms with Crippen LogP contribution in [0.25, 0.3) is 0 Å². The first kappa shape index (κ1) is 12.0. The van der Waals surface area contributed by atoms with Crippen molar-refractivity contribution in [3.05, 3.63) is 0 Å². The van der Waals surface area contributed by atoms with Gasteiger partial charge in [0.15, 0.2) is 0 Å². The molecule has 0 aromatic carbocycles. The molecule has 86 valence electrons. The minimum Gasteiger partial charge on any atom is -0.467 e. The van der Waals surface area contributed by atoms with Gasteiger partial charge in [0.05, 0.1) is 13.2 Å². The highest BCUT2D eigenvalue weighted by Crippen LogP contribution is 2.07. The van der Waals surface area contributed by atoms with Crippen molar-refractivity contribution in [3.63, 3.8) is 0 Å². The largest absolute Gasteiger partial charge is 0.467 e. The molecule has 0 unspecified atom stereocenters. The SMILES string of the molecule is COC(=O)[C@H](C)NC(=O)[C@H]1CCCCN1. The molecule has 0 spiro atoms. The lowest BCUT2D eigenvalue weighted by Crippen LogP contribution is -2.50. The van der Waals surface area contributed by atoms with E-state index >= 15 is 0 Å². The Kier molecular flexibility index (Phi) is 4.55. The number of hydrogen-bond acceptors (Lipinski definition) is 4. The maximum atomic E-state index is 11.6. The number of methoxy groups -OCH3 is 1. The predicted octanol–water partition coefficient (Wildman–Crippen LogP) is -0.194. The Labute approximate surface area is 89.6 Å². The van der Waals surface area contributed by atoms with E-state index < -0.39 is 12.0 Å². The summed E-state index contributed by atoms with van der Waals surface area (Å²) in [6.07, 6.45) is 2.99. The van der Waals surface area contributed by atoms with Crippen LogP contribution in [0.5, 0.6) is 0 Å². The van der Waals surface area contributed by atoms with Crippen molar-refractivity contribution in [1.29, 1.82) is 0 Å². The molecular formula is C10H18N2O3. The Hall–Kier alpha value is -1.10. The van der Waals surface area contributed by atoms with E-state index in [4.69, 9.17) is 0 Å². The number of carbonyl (C=O) groups is 2. The summed E-state index contributed by atoms with van der Waals surface area (Å²) in [5.41, 5.74) is 0. The molecule has 0 aliphatic carbocycles. The van der Waals surface area contributed by atoms with Gasteiger partial charge in [0.2, 0.25) is 5.91 Å². The summed E-state index contributed by atoms with van der Waals surface area (Å²) in [6, 6.07) is -0.739. The number of amides is 1. The first-order valence-electron chi connectivity index (χ1n) is 5.26. The molecule has 0 bridgehead atoms. The molecule has 5 heteroatoms. The van der Waals surface area contributed by atoms with Gasteiger partial charge in [0.1, 0.15) is 6.04 Å². The summed E-state index contributed by atoms with van der Waals surface area (Å²) in [4.78, 5) is 22.7. The van der Waals surface area contributed by atoms with Gasteiger partial charge < -0.3 is 15.4 Å². The smallest absolute Gasteiger partial charge is 0.328 e. The van der Waals surface area contributed by atoms with Gasteiger partial charge in [-0.1, -0.05) is 6.42 Å². The van der Waals surface area contributed by atoms with E-state index in [1.165, 1.54) is 7.11 Å². The van der Waals surface area contributed by atoms with Gasteiger partial charge in [-0.25, -0.2) is 4.79 Å². The maximum Gasteiger partial charge on any atom is 0.328 e. The van der Waals surface area contributed by atoms with E-state index in [0.29, 0.717) is 0 Å². The van der Waals surface area contributed by atoms with Gasteiger partial charge in [-0.15, -0.1) is 0 Å². The molecule has 2 N–H and O–H groups in total. The molecule has 0 radical (unpaired) electrons. The Bertz CT molecular complexity index is 237. The number of esters is 1. The lowest BCUT2D eigenvalue weighted by molar-refractivity contribution is -0.144. The van der Waals surface area contributed by atoms with Crippen molar-refractivity contribution in [1.82, 2.24) is 10.6 Å². The summed E-state index contributed by atoms with van der Waals surface area (Å²) in [5, 5.41) is 5.74. The molecule has 0 aromatic heterocycles. The molecule has 5 nitrogen and oxygen atoms in total. The van der Waals surface area contributed by atoms with Crippen LogP contribution < -0.4 is 10.6 Å². The monoisotopic (exact) mass is 214 g/mol. The van der Waals surface area contributed by atoms with Crippen LogP contribution in [0.4, 0.5) is 0 Å². The highest BCUT2D eigenvalue weighted by Gasteiger charge is 2.23. The molecule has 1 amide bonds. The summed E-state index contributed by atoms with van der Waals surface area (Å²) in [7, 11) is 1.31. The lowest BCUT2D eigenvalue weighted by Gasteiger charge is -2.23. The van der Waals surface area contributed by atoms with E-state index in [-0.39, 0.29) is 11.9 Å². The van der Waals surface area contributed by atoms with Crippen LogP contribution in [0.1, 0.15) is 26.2 Å². The van der Waals surface area contributed by atoms with Crippen molar-refractivity contribution in [2.75, 3.05) is 13.7 Å². The van der Waals surface area contributed by atoms with Gasteiger partial charge in [-0.3, -0.25) is 4.79 Å². The van der Waals surface area contributed by atoms with Crippen LogP contribution in [0.15, 0.2) is 0 Å². The number of rotatable bonds is 3. The third-order valence-electron chi connectivity index (χ3n) is 2.54. The van der Waals surface area contributed by atoms with Gasteiger partial charge in [0.25, 0.3) is 0 Å². The number of carbonyl (C=O) groups excluding carboxylic acids is 2. The van der Waals surface area contributed by atoms with Crippen molar-refractivity contribution in [3.8, 4) is 0 Å². The average molecular weight is 214 g/mol. The molecule has 0 saturated carbocycles. The van der Waals surface area contributed by atoms with Gasteiger partial charge in [0, 0.05) is 0 Å². The fourth-order valence-corrected chi connectivity index (χ4v) is 1.63. The summed E-state index contributed by atoms with van der Waals surface area (Å²) in [6.45, 7) is 2.48. The summed E-state index contributed by atoms with van der Waals surface area (Å²) < 4.78 is 4.53. The van der Waals surface area contributed by atoms with Crippen molar-refractivity contribution in [2.45, 2.75) is 38.3 Å². The number of ether oxygens (including phenoxy) is 1.